The number of rotatable bonds is 4. The Bertz CT molecular complexity index is 298. The van der Waals surface area contributed by atoms with Crippen LogP contribution in [0.25, 0.3) is 0 Å². The zero-order valence-electron chi connectivity index (χ0n) is 9.65. The molecule has 1 aromatic heterocycles. The average Bonchev–Trinajstić information content (AvgIpc) is 2.38. The van der Waals surface area contributed by atoms with Crippen LogP contribution in [-0.2, 0) is 4.74 Å². The first-order valence-corrected chi connectivity index (χ1v) is 5.78. The van der Waals surface area contributed by atoms with E-state index in [2.05, 4.69) is 21.7 Å². The SMILES string of the molecule is CNC(CC1COCCN1)c1cccnc1. The van der Waals surface area contributed by atoms with E-state index in [4.69, 9.17) is 4.74 Å². The van der Waals surface area contributed by atoms with Crippen molar-refractivity contribution in [2.75, 3.05) is 26.8 Å². The highest BCUT2D eigenvalue weighted by atomic mass is 16.5. The molecule has 0 aliphatic carbocycles. The van der Waals surface area contributed by atoms with Crippen LogP contribution in [0, 0.1) is 0 Å². The maximum atomic E-state index is 5.46. The molecule has 2 unspecified atom stereocenters. The molecule has 4 heteroatoms. The molecule has 88 valence electrons. The van der Waals surface area contributed by atoms with Crippen LogP contribution in [0.3, 0.4) is 0 Å². The second kappa shape index (κ2) is 5.94. The van der Waals surface area contributed by atoms with Gasteiger partial charge < -0.3 is 15.4 Å². The molecule has 2 atom stereocenters. The van der Waals surface area contributed by atoms with Crippen molar-refractivity contribution in [3.63, 3.8) is 0 Å². The van der Waals surface area contributed by atoms with Gasteiger partial charge in [0.25, 0.3) is 0 Å². The second-order valence-electron chi connectivity index (χ2n) is 4.09. The van der Waals surface area contributed by atoms with E-state index in [0.717, 1.165) is 26.2 Å². The van der Waals surface area contributed by atoms with Crippen LogP contribution in [0.4, 0.5) is 0 Å². The van der Waals surface area contributed by atoms with E-state index in [1.165, 1.54) is 5.56 Å². The topological polar surface area (TPSA) is 46.2 Å². The van der Waals surface area contributed by atoms with Crippen molar-refractivity contribution in [2.45, 2.75) is 18.5 Å². The first-order chi connectivity index (χ1) is 7.90. The fraction of sp³-hybridized carbons (Fsp3) is 0.583. The van der Waals surface area contributed by atoms with E-state index in [0.29, 0.717) is 12.1 Å². The smallest absolute Gasteiger partial charge is 0.0620 e. The van der Waals surface area contributed by atoms with Crippen LogP contribution in [-0.4, -0.2) is 37.8 Å². The molecule has 0 bridgehead atoms. The molecule has 16 heavy (non-hydrogen) atoms. The Hall–Kier alpha value is -0.970. The van der Waals surface area contributed by atoms with Crippen LogP contribution in [0.2, 0.25) is 0 Å². The van der Waals surface area contributed by atoms with Crippen molar-refractivity contribution in [1.82, 2.24) is 15.6 Å². The molecular formula is C12H19N3O. The lowest BCUT2D eigenvalue weighted by molar-refractivity contribution is 0.0708. The van der Waals surface area contributed by atoms with Gasteiger partial charge in [-0.1, -0.05) is 6.07 Å². The van der Waals surface area contributed by atoms with Gasteiger partial charge in [0, 0.05) is 31.0 Å². The molecule has 0 aromatic carbocycles. The molecule has 0 amide bonds. The van der Waals surface area contributed by atoms with Gasteiger partial charge in [-0.2, -0.15) is 0 Å². The van der Waals surface area contributed by atoms with Gasteiger partial charge in [-0.05, 0) is 25.1 Å². The molecule has 2 N–H and O–H groups in total. The quantitative estimate of drug-likeness (QED) is 0.786. The van der Waals surface area contributed by atoms with Gasteiger partial charge in [0.1, 0.15) is 0 Å². The second-order valence-corrected chi connectivity index (χ2v) is 4.09. The summed E-state index contributed by atoms with van der Waals surface area (Å²) in [7, 11) is 1.99. The highest BCUT2D eigenvalue weighted by Gasteiger charge is 2.18. The Kier molecular flexibility index (Phi) is 4.27. The molecule has 1 aliphatic rings. The van der Waals surface area contributed by atoms with E-state index in [-0.39, 0.29) is 0 Å². The monoisotopic (exact) mass is 221 g/mol. The fourth-order valence-corrected chi connectivity index (χ4v) is 2.06. The number of hydrogen-bond donors (Lipinski definition) is 2. The van der Waals surface area contributed by atoms with Crippen molar-refractivity contribution in [2.24, 2.45) is 0 Å². The summed E-state index contributed by atoms with van der Waals surface area (Å²) in [6, 6.07) is 4.86. The lowest BCUT2D eigenvalue weighted by Crippen LogP contribution is -2.43. The van der Waals surface area contributed by atoms with Gasteiger partial charge in [-0.3, -0.25) is 4.98 Å². The number of morpholine rings is 1. The molecular weight excluding hydrogens is 202 g/mol. The van der Waals surface area contributed by atoms with Gasteiger partial charge in [-0.15, -0.1) is 0 Å². The summed E-state index contributed by atoms with van der Waals surface area (Å²) in [6.45, 7) is 2.58. The van der Waals surface area contributed by atoms with Gasteiger partial charge in [0.05, 0.1) is 13.2 Å². The lowest BCUT2D eigenvalue weighted by atomic mass is 10.0. The lowest BCUT2D eigenvalue weighted by Gasteiger charge is -2.27. The van der Waals surface area contributed by atoms with Crippen LogP contribution in [0.5, 0.6) is 0 Å². The van der Waals surface area contributed by atoms with Crippen LogP contribution in [0.15, 0.2) is 24.5 Å². The Labute approximate surface area is 96.4 Å². The highest BCUT2D eigenvalue weighted by molar-refractivity contribution is 5.14. The molecule has 1 fully saturated rings. The highest BCUT2D eigenvalue weighted by Crippen LogP contribution is 2.17. The molecule has 0 saturated carbocycles. The summed E-state index contributed by atoms with van der Waals surface area (Å²) in [6.07, 6.45) is 4.76. The Morgan fingerprint density at radius 3 is 3.25 bits per heavy atom. The van der Waals surface area contributed by atoms with E-state index in [1.54, 1.807) is 6.20 Å². The van der Waals surface area contributed by atoms with Crippen LogP contribution < -0.4 is 10.6 Å². The minimum atomic E-state index is 0.341. The van der Waals surface area contributed by atoms with Crippen LogP contribution in [0.1, 0.15) is 18.0 Å². The normalized spacial score (nSPS) is 22.9. The average molecular weight is 221 g/mol. The van der Waals surface area contributed by atoms with Gasteiger partial charge in [0.2, 0.25) is 0 Å². The van der Waals surface area contributed by atoms with Gasteiger partial charge >= 0.3 is 0 Å². The maximum absolute atomic E-state index is 5.46. The summed E-state index contributed by atoms with van der Waals surface area (Å²) in [4.78, 5) is 4.15. The summed E-state index contributed by atoms with van der Waals surface area (Å²) >= 11 is 0. The van der Waals surface area contributed by atoms with Crippen molar-refractivity contribution < 1.29 is 4.74 Å². The third kappa shape index (κ3) is 3.01. The molecule has 1 aliphatic heterocycles. The molecule has 0 radical (unpaired) electrons. The third-order valence-corrected chi connectivity index (χ3v) is 2.95. The number of nitrogens with one attached hydrogen (secondary N) is 2. The minimum absolute atomic E-state index is 0.341. The predicted molar refractivity (Wildman–Crippen MR) is 63.3 cm³/mol. The predicted octanol–water partition coefficient (Wildman–Crippen LogP) is 0.721. The van der Waals surface area contributed by atoms with Crippen molar-refractivity contribution in [3.05, 3.63) is 30.1 Å². The zero-order chi connectivity index (χ0) is 11.2. The van der Waals surface area contributed by atoms with Gasteiger partial charge in [0.15, 0.2) is 0 Å². The van der Waals surface area contributed by atoms with E-state index < -0.39 is 0 Å². The first-order valence-electron chi connectivity index (χ1n) is 5.78. The van der Waals surface area contributed by atoms with Crippen molar-refractivity contribution in [3.8, 4) is 0 Å². The summed E-state index contributed by atoms with van der Waals surface area (Å²) in [5, 5.41) is 6.80. The largest absolute Gasteiger partial charge is 0.379 e. The Morgan fingerprint density at radius 2 is 2.62 bits per heavy atom. The number of hydrogen-bond acceptors (Lipinski definition) is 4. The summed E-state index contributed by atoms with van der Waals surface area (Å²) in [5.74, 6) is 0. The van der Waals surface area contributed by atoms with Gasteiger partial charge in [-0.25, -0.2) is 0 Å². The standard InChI is InChI=1S/C12H19N3O/c1-13-12(10-3-2-4-14-8-10)7-11-9-16-6-5-15-11/h2-4,8,11-13,15H,5-7,9H2,1H3. The molecule has 4 nitrogen and oxygen atoms in total. The number of aromatic nitrogens is 1. The molecule has 0 spiro atoms. The fourth-order valence-electron chi connectivity index (χ4n) is 2.06. The molecule has 2 heterocycles. The summed E-state index contributed by atoms with van der Waals surface area (Å²) < 4.78 is 5.46. The number of nitrogens with zero attached hydrogens (tertiary/aromatic N) is 1. The Balaban J connectivity index is 1.94. The first kappa shape index (κ1) is 11.5. The van der Waals surface area contributed by atoms with Crippen molar-refractivity contribution in [1.29, 1.82) is 0 Å². The van der Waals surface area contributed by atoms with E-state index in [1.807, 2.05) is 19.3 Å². The molecule has 1 saturated heterocycles. The molecule has 1 aromatic rings. The van der Waals surface area contributed by atoms with E-state index >= 15 is 0 Å². The third-order valence-electron chi connectivity index (χ3n) is 2.95. The zero-order valence-corrected chi connectivity index (χ0v) is 9.65. The number of pyridine rings is 1. The minimum Gasteiger partial charge on any atom is -0.379 e. The maximum Gasteiger partial charge on any atom is 0.0620 e. The number of ether oxygens (including phenoxy) is 1. The molecule has 2 rings (SSSR count). The Morgan fingerprint density at radius 1 is 1.69 bits per heavy atom. The van der Waals surface area contributed by atoms with Crippen LogP contribution >= 0.6 is 0 Å². The summed E-state index contributed by atoms with van der Waals surface area (Å²) in [5.41, 5.74) is 1.23. The van der Waals surface area contributed by atoms with Crippen molar-refractivity contribution >= 4 is 0 Å². The van der Waals surface area contributed by atoms with E-state index in [9.17, 15) is 0 Å².